The quantitative estimate of drug-likeness (QED) is 0.393. The Balaban J connectivity index is 1.74. The fraction of sp³-hybridized carbons (Fsp3) is 0.250. The summed E-state index contributed by atoms with van der Waals surface area (Å²) in [6, 6.07) is 14.1. The first kappa shape index (κ1) is 23.3. The average molecular weight is 453 g/mol. The molecular weight excluding hydrogens is 428 g/mol. The normalized spacial score (nSPS) is 10.6. The number of ether oxygens (including phenoxy) is 2. The maximum Gasteiger partial charge on any atom is 0.338 e. The van der Waals surface area contributed by atoms with E-state index in [0.717, 1.165) is 21.5 Å². The van der Waals surface area contributed by atoms with Crippen LogP contribution in [0.3, 0.4) is 0 Å². The monoisotopic (exact) mass is 452 g/mol. The Morgan fingerprint density at radius 1 is 0.938 bits per heavy atom. The summed E-state index contributed by atoms with van der Waals surface area (Å²) >= 11 is 1.31. The van der Waals surface area contributed by atoms with E-state index in [-0.39, 0.29) is 36.0 Å². The molecule has 2 aromatic carbocycles. The zero-order valence-electron chi connectivity index (χ0n) is 18.1. The first-order valence-corrected chi connectivity index (χ1v) is 11.2. The molecule has 0 bridgehead atoms. The van der Waals surface area contributed by atoms with E-state index < -0.39 is 11.9 Å². The van der Waals surface area contributed by atoms with Gasteiger partial charge < -0.3 is 14.8 Å². The van der Waals surface area contributed by atoms with Gasteiger partial charge in [0.25, 0.3) is 0 Å². The van der Waals surface area contributed by atoms with Crippen molar-refractivity contribution in [3.05, 3.63) is 65.2 Å². The summed E-state index contributed by atoms with van der Waals surface area (Å²) < 4.78 is 10.0. The van der Waals surface area contributed by atoms with E-state index in [1.54, 1.807) is 13.8 Å². The van der Waals surface area contributed by atoms with Crippen molar-refractivity contribution in [1.29, 1.82) is 0 Å². The van der Waals surface area contributed by atoms with Crippen LogP contribution in [0.2, 0.25) is 0 Å². The number of pyridine rings is 1. The maximum atomic E-state index is 12.6. The zero-order chi connectivity index (χ0) is 23.1. The third-order valence-corrected chi connectivity index (χ3v) is 5.40. The molecule has 3 aromatic rings. The molecule has 0 spiro atoms. The van der Waals surface area contributed by atoms with Gasteiger partial charge in [0.05, 0.1) is 40.6 Å². The number of nitrogens with one attached hydrogen (secondary N) is 1. The molecular formula is C24H24N2O5S. The number of hydrogen-bond donors (Lipinski definition) is 1. The summed E-state index contributed by atoms with van der Waals surface area (Å²) in [4.78, 5) is 41.5. The molecule has 1 N–H and O–H groups in total. The molecule has 3 rings (SSSR count). The molecule has 0 saturated heterocycles. The van der Waals surface area contributed by atoms with Crippen molar-refractivity contribution in [2.24, 2.45) is 0 Å². The lowest BCUT2D eigenvalue weighted by molar-refractivity contribution is -0.113. The van der Waals surface area contributed by atoms with Gasteiger partial charge in [0.2, 0.25) is 5.91 Å². The van der Waals surface area contributed by atoms with Crippen molar-refractivity contribution in [2.45, 2.75) is 25.8 Å². The number of aryl methyl sites for hydroxylation is 1. The highest BCUT2D eigenvalue weighted by molar-refractivity contribution is 7.99. The van der Waals surface area contributed by atoms with Gasteiger partial charge in [0.1, 0.15) is 0 Å². The van der Waals surface area contributed by atoms with Gasteiger partial charge in [-0.3, -0.25) is 4.79 Å². The van der Waals surface area contributed by atoms with Gasteiger partial charge in [-0.05, 0) is 56.7 Å². The van der Waals surface area contributed by atoms with Gasteiger partial charge in [0, 0.05) is 11.1 Å². The molecule has 0 aliphatic carbocycles. The van der Waals surface area contributed by atoms with Crippen LogP contribution in [0.15, 0.2) is 53.6 Å². The number of esters is 2. The van der Waals surface area contributed by atoms with Crippen LogP contribution < -0.4 is 5.32 Å². The van der Waals surface area contributed by atoms with Crippen molar-refractivity contribution < 1.29 is 23.9 Å². The molecule has 0 fully saturated rings. The molecule has 8 heteroatoms. The molecule has 0 unspecified atom stereocenters. The van der Waals surface area contributed by atoms with E-state index >= 15 is 0 Å². The number of carbonyl (C=O) groups excluding carboxylic acids is 3. The summed E-state index contributed by atoms with van der Waals surface area (Å²) in [6.07, 6.45) is 0. The fourth-order valence-corrected chi connectivity index (χ4v) is 3.87. The molecule has 166 valence electrons. The third-order valence-electron chi connectivity index (χ3n) is 4.49. The first-order valence-electron chi connectivity index (χ1n) is 10.2. The van der Waals surface area contributed by atoms with Gasteiger partial charge in [0.15, 0.2) is 0 Å². The summed E-state index contributed by atoms with van der Waals surface area (Å²) in [7, 11) is 0. The molecule has 0 radical (unpaired) electrons. The Hall–Kier alpha value is -3.39. The van der Waals surface area contributed by atoms with Crippen LogP contribution in [-0.2, 0) is 14.3 Å². The number of carbonyl (C=O) groups is 3. The lowest BCUT2D eigenvalue weighted by Crippen LogP contribution is -2.16. The second-order valence-corrected chi connectivity index (χ2v) is 7.87. The van der Waals surface area contributed by atoms with E-state index in [1.807, 2.05) is 37.3 Å². The number of hydrogen-bond acceptors (Lipinski definition) is 7. The Kier molecular flexibility index (Phi) is 7.83. The molecule has 1 aromatic heterocycles. The minimum absolute atomic E-state index is 0.114. The second kappa shape index (κ2) is 10.8. The molecule has 0 saturated carbocycles. The van der Waals surface area contributed by atoms with Crippen molar-refractivity contribution in [2.75, 3.05) is 24.3 Å². The Bertz CT molecular complexity index is 1130. The van der Waals surface area contributed by atoms with Crippen LogP contribution >= 0.6 is 11.8 Å². The minimum atomic E-state index is -0.584. The maximum absolute atomic E-state index is 12.6. The molecule has 0 aliphatic heterocycles. The van der Waals surface area contributed by atoms with Gasteiger partial charge in [-0.2, -0.15) is 0 Å². The number of thioether (sulfide) groups is 1. The molecule has 1 heterocycles. The Labute approximate surface area is 190 Å². The third kappa shape index (κ3) is 5.85. The summed E-state index contributed by atoms with van der Waals surface area (Å²) in [5, 5.41) is 4.55. The largest absolute Gasteiger partial charge is 0.462 e. The fourth-order valence-electron chi connectivity index (χ4n) is 3.09. The van der Waals surface area contributed by atoms with Crippen LogP contribution in [-0.4, -0.2) is 41.8 Å². The number of rotatable bonds is 8. The predicted molar refractivity (Wildman–Crippen MR) is 124 cm³/mol. The zero-order valence-corrected chi connectivity index (χ0v) is 19.0. The topological polar surface area (TPSA) is 94.6 Å². The highest BCUT2D eigenvalue weighted by atomic mass is 32.2. The first-order chi connectivity index (χ1) is 15.4. The molecule has 0 aliphatic rings. The van der Waals surface area contributed by atoms with Crippen LogP contribution in [0.1, 0.15) is 40.1 Å². The Morgan fingerprint density at radius 2 is 1.56 bits per heavy atom. The van der Waals surface area contributed by atoms with E-state index in [1.165, 1.54) is 30.0 Å². The number of para-hydroxylation sites is 1. The smallest absolute Gasteiger partial charge is 0.338 e. The van der Waals surface area contributed by atoms with Gasteiger partial charge in [-0.25, -0.2) is 14.6 Å². The SMILES string of the molecule is CCOC(=O)c1cc(NC(=O)CSc2cc(C)c3ccccc3n2)cc(C(=O)OCC)c1. The van der Waals surface area contributed by atoms with E-state index in [9.17, 15) is 14.4 Å². The van der Waals surface area contributed by atoms with E-state index in [4.69, 9.17) is 9.47 Å². The highest BCUT2D eigenvalue weighted by Crippen LogP contribution is 2.24. The minimum Gasteiger partial charge on any atom is -0.462 e. The highest BCUT2D eigenvalue weighted by Gasteiger charge is 2.16. The van der Waals surface area contributed by atoms with Crippen molar-refractivity contribution >= 4 is 46.2 Å². The summed E-state index contributed by atoms with van der Waals surface area (Å²) in [5.41, 5.74) is 2.59. The predicted octanol–water partition coefficient (Wildman–Crippen LogP) is 4.63. The number of benzene rings is 2. The van der Waals surface area contributed by atoms with Crippen molar-refractivity contribution in [3.8, 4) is 0 Å². The summed E-state index contributed by atoms with van der Waals surface area (Å²) in [5.74, 6) is -1.35. The standard InChI is InChI=1S/C24H24N2O5S/c1-4-30-23(28)16-11-17(24(29)31-5-2)13-18(12-16)25-21(27)14-32-22-10-15(3)19-8-6-7-9-20(19)26-22/h6-13H,4-5,14H2,1-3H3,(H,25,27). The van der Waals surface area contributed by atoms with Crippen LogP contribution in [0.5, 0.6) is 0 Å². The number of amides is 1. The Morgan fingerprint density at radius 3 is 2.19 bits per heavy atom. The molecule has 7 nitrogen and oxygen atoms in total. The van der Waals surface area contributed by atoms with E-state index in [0.29, 0.717) is 5.69 Å². The number of fused-ring (bicyclic) bond motifs is 1. The van der Waals surface area contributed by atoms with Crippen LogP contribution in [0, 0.1) is 6.92 Å². The lowest BCUT2D eigenvalue weighted by Gasteiger charge is -2.11. The summed E-state index contributed by atoms with van der Waals surface area (Å²) in [6.45, 7) is 5.77. The van der Waals surface area contributed by atoms with Crippen LogP contribution in [0.25, 0.3) is 10.9 Å². The van der Waals surface area contributed by atoms with Crippen molar-refractivity contribution in [3.63, 3.8) is 0 Å². The van der Waals surface area contributed by atoms with E-state index in [2.05, 4.69) is 10.3 Å². The number of anilines is 1. The van der Waals surface area contributed by atoms with Crippen LogP contribution in [0.4, 0.5) is 5.69 Å². The molecule has 32 heavy (non-hydrogen) atoms. The number of nitrogens with zero attached hydrogens (tertiary/aromatic N) is 1. The second-order valence-electron chi connectivity index (χ2n) is 6.87. The van der Waals surface area contributed by atoms with Gasteiger partial charge in [-0.1, -0.05) is 30.0 Å². The average Bonchev–Trinajstić information content (AvgIpc) is 2.78. The number of aromatic nitrogens is 1. The van der Waals surface area contributed by atoms with Gasteiger partial charge in [-0.15, -0.1) is 0 Å². The van der Waals surface area contributed by atoms with Crippen molar-refractivity contribution in [1.82, 2.24) is 4.98 Å². The molecule has 1 amide bonds. The molecule has 0 atom stereocenters. The lowest BCUT2D eigenvalue weighted by atomic mass is 10.1. The van der Waals surface area contributed by atoms with Gasteiger partial charge >= 0.3 is 11.9 Å².